The third-order valence-corrected chi connectivity index (χ3v) is 3.11. The Labute approximate surface area is 109 Å². The Kier molecular flexibility index (Phi) is 8.32. The maximum absolute atomic E-state index is 8.63. The molecule has 0 heterocycles. The Hall–Kier alpha value is -1.14. The van der Waals surface area contributed by atoms with Gasteiger partial charge in [0.1, 0.15) is 0 Å². The zero-order chi connectivity index (χ0) is 14.1. The molecule has 0 aromatic heterocycles. The highest BCUT2D eigenvalue weighted by Crippen LogP contribution is 1.95. The van der Waals surface area contributed by atoms with E-state index < -0.39 is 0 Å². The predicted octanol–water partition coefficient (Wildman–Crippen LogP) is 1.28. The van der Waals surface area contributed by atoms with Gasteiger partial charge in [-0.3, -0.25) is 0 Å². The van der Waals surface area contributed by atoms with Crippen LogP contribution in [0.25, 0.3) is 0 Å². The van der Waals surface area contributed by atoms with Crippen molar-refractivity contribution in [2.24, 2.45) is 16.2 Å². The lowest BCUT2D eigenvalue weighted by Crippen LogP contribution is -2.41. The van der Waals surface area contributed by atoms with Crippen LogP contribution in [0.15, 0.2) is 10.3 Å². The van der Waals surface area contributed by atoms with Crippen molar-refractivity contribution >= 4 is 11.4 Å². The number of nitrogens with one attached hydrogen (secondary N) is 2. The summed E-state index contributed by atoms with van der Waals surface area (Å²) in [5.41, 5.74) is 1.35. The Morgan fingerprint density at radius 2 is 1.22 bits per heavy atom. The molecule has 18 heavy (non-hydrogen) atoms. The van der Waals surface area contributed by atoms with Crippen LogP contribution in [-0.4, -0.2) is 47.0 Å². The van der Waals surface area contributed by atoms with E-state index in [4.69, 9.17) is 10.4 Å². The van der Waals surface area contributed by atoms with Crippen molar-refractivity contribution in [1.29, 1.82) is 0 Å². The standard InChI is InChI=1S/C12H26N4O2/c1-8(6-13-9(2)11(4)15-17)7-14-10(3)12(5)16-18/h8-10,13-14,17-18H,6-7H2,1-5H3/b15-11+,16-12+. The molecule has 0 spiro atoms. The molecule has 106 valence electrons. The zero-order valence-corrected chi connectivity index (χ0v) is 11.9. The Balaban J connectivity index is 3.89. The van der Waals surface area contributed by atoms with Crippen molar-refractivity contribution in [3.63, 3.8) is 0 Å². The van der Waals surface area contributed by atoms with Crippen molar-refractivity contribution in [2.75, 3.05) is 13.1 Å². The fourth-order valence-electron chi connectivity index (χ4n) is 1.30. The number of nitrogens with zero attached hydrogens (tertiary/aromatic N) is 2. The predicted molar refractivity (Wildman–Crippen MR) is 73.9 cm³/mol. The Bertz CT molecular complexity index is 264. The molecule has 4 N–H and O–H groups in total. The van der Waals surface area contributed by atoms with E-state index in [0.29, 0.717) is 17.3 Å². The van der Waals surface area contributed by atoms with E-state index >= 15 is 0 Å². The first-order chi connectivity index (χ1) is 8.42. The van der Waals surface area contributed by atoms with Crippen molar-refractivity contribution in [3.05, 3.63) is 0 Å². The minimum Gasteiger partial charge on any atom is -0.411 e. The topological polar surface area (TPSA) is 89.2 Å². The highest BCUT2D eigenvalue weighted by Gasteiger charge is 2.10. The summed E-state index contributed by atoms with van der Waals surface area (Å²) in [4.78, 5) is 0. The summed E-state index contributed by atoms with van der Waals surface area (Å²) < 4.78 is 0. The quantitative estimate of drug-likeness (QED) is 0.300. The average Bonchev–Trinajstić information content (AvgIpc) is 2.39. The van der Waals surface area contributed by atoms with Gasteiger partial charge in [0, 0.05) is 12.1 Å². The first kappa shape index (κ1) is 16.9. The number of rotatable bonds is 8. The van der Waals surface area contributed by atoms with Crippen LogP contribution in [0, 0.1) is 5.92 Å². The van der Waals surface area contributed by atoms with Gasteiger partial charge in [-0.25, -0.2) is 0 Å². The summed E-state index contributed by atoms with van der Waals surface area (Å²) in [6.45, 7) is 11.2. The number of hydrogen-bond acceptors (Lipinski definition) is 6. The first-order valence-corrected chi connectivity index (χ1v) is 6.26. The molecule has 0 aliphatic rings. The fourth-order valence-corrected chi connectivity index (χ4v) is 1.30. The summed E-state index contributed by atoms with van der Waals surface area (Å²) in [6, 6.07) is 0.131. The van der Waals surface area contributed by atoms with Gasteiger partial charge in [-0.2, -0.15) is 0 Å². The van der Waals surface area contributed by atoms with Crippen LogP contribution in [0.4, 0.5) is 0 Å². The molecule has 2 atom stereocenters. The monoisotopic (exact) mass is 258 g/mol. The minimum absolute atomic E-state index is 0.0654. The van der Waals surface area contributed by atoms with Crippen LogP contribution < -0.4 is 10.6 Å². The maximum Gasteiger partial charge on any atom is 0.0706 e. The van der Waals surface area contributed by atoms with E-state index in [9.17, 15) is 0 Å². The normalized spacial score (nSPS) is 18.5. The lowest BCUT2D eigenvalue weighted by molar-refractivity contribution is 0.314. The average molecular weight is 258 g/mol. The van der Waals surface area contributed by atoms with E-state index in [2.05, 4.69) is 27.9 Å². The van der Waals surface area contributed by atoms with Crippen LogP contribution in [0.3, 0.4) is 0 Å². The van der Waals surface area contributed by atoms with Gasteiger partial charge in [0.25, 0.3) is 0 Å². The third kappa shape index (κ3) is 6.56. The smallest absolute Gasteiger partial charge is 0.0706 e. The summed E-state index contributed by atoms with van der Waals surface area (Å²) in [7, 11) is 0. The van der Waals surface area contributed by atoms with E-state index in [1.807, 2.05) is 13.8 Å². The van der Waals surface area contributed by atoms with E-state index in [-0.39, 0.29) is 12.1 Å². The number of hydrogen-bond donors (Lipinski definition) is 4. The van der Waals surface area contributed by atoms with Crippen LogP contribution in [0.5, 0.6) is 0 Å². The van der Waals surface area contributed by atoms with Gasteiger partial charge < -0.3 is 21.0 Å². The summed E-state index contributed by atoms with van der Waals surface area (Å²) in [5, 5.41) is 30.2. The van der Waals surface area contributed by atoms with Crippen LogP contribution in [0.2, 0.25) is 0 Å². The Morgan fingerprint density at radius 1 is 0.889 bits per heavy atom. The molecule has 0 saturated heterocycles. The zero-order valence-electron chi connectivity index (χ0n) is 11.9. The van der Waals surface area contributed by atoms with Gasteiger partial charge in [0.05, 0.1) is 11.4 Å². The van der Waals surface area contributed by atoms with Gasteiger partial charge in [0.15, 0.2) is 0 Å². The lowest BCUT2D eigenvalue weighted by atomic mass is 10.1. The van der Waals surface area contributed by atoms with Gasteiger partial charge in [0.2, 0.25) is 0 Å². The molecule has 0 aromatic carbocycles. The van der Waals surface area contributed by atoms with Crippen molar-refractivity contribution in [3.8, 4) is 0 Å². The molecule has 0 radical (unpaired) electrons. The van der Waals surface area contributed by atoms with Gasteiger partial charge in [-0.15, -0.1) is 0 Å². The minimum atomic E-state index is 0.0654. The molecule has 0 saturated carbocycles. The summed E-state index contributed by atoms with van der Waals surface area (Å²) in [5.74, 6) is 0.424. The van der Waals surface area contributed by atoms with Crippen molar-refractivity contribution < 1.29 is 10.4 Å². The van der Waals surface area contributed by atoms with Crippen LogP contribution >= 0.6 is 0 Å². The van der Waals surface area contributed by atoms with E-state index in [1.54, 1.807) is 13.8 Å². The molecule has 0 aromatic rings. The molecule has 0 aliphatic heterocycles. The second-order valence-electron chi connectivity index (χ2n) is 4.85. The van der Waals surface area contributed by atoms with Crippen molar-refractivity contribution in [1.82, 2.24) is 10.6 Å². The Morgan fingerprint density at radius 3 is 1.50 bits per heavy atom. The molecule has 6 nitrogen and oxygen atoms in total. The van der Waals surface area contributed by atoms with E-state index in [1.165, 1.54) is 0 Å². The molecule has 0 amide bonds. The molecule has 2 unspecified atom stereocenters. The third-order valence-electron chi connectivity index (χ3n) is 3.11. The SMILES string of the molecule is C/C(=N\O)C(C)NCC(C)CNC(C)/C(C)=N/O. The molecule has 6 heteroatoms. The maximum atomic E-state index is 8.63. The van der Waals surface area contributed by atoms with Crippen LogP contribution in [-0.2, 0) is 0 Å². The van der Waals surface area contributed by atoms with Gasteiger partial charge in [-0.05, 0) is 46.7 Å². The van der Waals surface area contributed by atoms with Crippen molar-refractivity contribution in [2.45, 2.75) is 46.7 Å². The molecule has 0 fully saturated rings. The lowest BCUT2D eigenvalue weighted by Gasteiger charge is -2.19. The molecular weight excluding hydrogens is 232 g/mol. The molecular formula is C12H26N4O2. The first-order valence-electron chi connectivity index (χ1n) is 6.26. The van der Waals surface area contributed by atoms with Gasteiger partial charge >= 0.3 is 0 Å². The molecule has 0 rings (SSSR count). The molecule has 0 bridgehead atoms. The summed E-state index contributed by atoms with van der Waals surface area (Å²) in [6.07, 6.45) is 0. The highest BCUT2D eigenvalue weighted by molar-refractivity contribution is 5.86. The number of oxime groups is 2. The second kappa shape index (κ2) is 8.88. The second-order valence-corrected chi connectivity index (χ2v) is 4.85. The fraction of sp³-hybridized carbons (Fsp3) is 0.833. The van der Waals surface area contributed by atoms with Gasteiger partial charge in [-0.1, -0.05) is 17.2 Å². The molecule has 0 aliphatic carbocycles. The van der Waals surface area contributed by atoms with Crippen LogP contribution in [0.1, 0.15) is 34.6 Å². The van der Waals surface area contributed by atoms with E-state index in [0.717, 1.165) is 13.1 Å². The highest BCUT2D eigenvalue weighted by atomic mass is 16.4. The largest absolute Gasteiger partial charge is 0.411 e. The summed E-state index contributed by atoms with van der Waals surface area (Å²) >= 11 is 0.